The molecule has 2 rings (SSSR count). The van der Waals surface area contributed by atoms with Crippen LogP contribution in [-0.2, 0) is 4.79 Å². The van der Waals surface area contributed by atoms with Gasteiger partial charge in [0.2, 0.25) is 0 Å². The van der Waals surface area contributed by atoms with E-state index in [9.17, 15) is 14.7 Å². The Labute approximate surface area is 116 Å². The minimum atomic E-state index is -1.27. The second-order valence-corrected chi connectivity index (χ2v) is 5.02. The largest absolute Gasteiger partial charge is 0.480 e. The summed E-state index contributed by atoms with van der Waals surface area (Å²) >= 11 is 0. The first-order chi connectivity index (χ1) is 9.47. The molecule has 1 atom stereocenters. The molecule has 1 aliphatic carbocycles. The monoisotopic (exact) mass is 273 g/mol. The number of carboxylic acid groups (broad SMARTS) is 1. The molecule has 6 nitrogen and oxygen atoms in total. The zero-order chi connectivity index (χ0) is 14.8. The number of carbonyl (C=O) groups is 2. The maximum atomic E-state index is 11.9. The van der Waals surface area contributed by atoms with Crippen LogP contribution in [0.3, 0.4) is 0 Å². The van der Waals surface area contributed by atoms with E-state index in [1.54, 1.807) is 24.3 Å². The molecular formula is C14H15N3O3. The van der Waals surface area contributed by atoms with E-state index in [1.165, 1.54) is 6.92 Å². The van der Waals surface area contributed by atoms with Crippen LogP contribution in [0.15, 0.2) is 24.3 Å². The Morgan fingerprint density at radius 2 is 2.05 bits per heavy atom. The molecule has 2 amide bonds. The molecular weight excluding hydrogens is 258 g/mol. The molecule has 1 aromatic rings. The Morgan fingerprint density at radius 1 is 1.40 bits per heavy atom. The summed E-state index contributed by atoms with van der Waals surface area (Å²) in [6.45, 7) is 1.50. The predicted molar refractivity (Wildman–Crippen MR) is 72.1 cm³/mol. The summed E-state index contributed by atoms with van der Waals surface area (Å²) in [4.78, 5) is 23.3. The number of aliphatic carboxylic acids is 1. The molecule has 0 saturated heterocycles. The summed E-state index contributed by atoms with van der Waals surface area (Å²) in [6.07, 6.45) is 1.58. The SMILES string of the molecule is CC(NC(=O)Nc1ccccc1C#N)(C(=O)O)C1CC1. The highest BCUT2D eigenvalue weighted by Crippen LogP contribution is 2.39. The van der Waals surface area contributed by atoms with Gasteiger partial charge in [-0.25, -0.2) is 9.59 Å². The van der Waals surface area contributed by atoms with Crippen LogP contribution >= 0.6 is 0 Å². The first-order valence-electron chi connectivity index (χ1n) is 6.29. The van der Waals surface area contributed by atoms with Crippen molar-refractivity contribution in [3.63, 3.8) is 0 Å². The lowest BCUT2D eigenvalue weighted by Crippen LogP contribution is -2.55. The lowest BCUT2D eigenvalue weighted by atomic mass is 9.96. The fraction of sp³-hybridized carbons (Fsp3) is 0.357. The number of nitriles is 1. The van der Waals surface area contributed by atoms with Gasteiger partial charge in [0.1, 0.15) is 11.6 Å². The Bertz CT molecular complexity index is 590. The van der Waals surface area contributed by atoms with Gasteiger partial charge in [-0.3, -0.25) is 0 Å². The maximum absolute atomic E-state index is 11.9. The quantitative estimate of drug-likeness (QED) is 0.780. The average molecular weight is 273 g/mol. The summed E-state index contributed by atoms with van der Waals surface area (Å²) in [7, 11) is 0. The Balaban J connectivity index is 2.09. The molecule has 6 heteroatoms. The number of carboxylic acids is 1. The van der Waals surface area contributed by atoms with Gasteiger partial charge in [-0.2, -0.15) is 5.26 Å². The van der Waals surface area contributed by atoms with E-state index in [-0.39, 0.29) is 5.92 Å². The number of nitrogens with one attached hydrogen (secondary N) is 2. The Morgan fingerprint density at radius 3 is 2.60 bits per heavy atom. The molecule has 1 saturated carbocycles. The Hall–Kier alpha value is -2.55. The van der Waals surface area contributed by atoms with Gasteiger partial charge >= 0.3 is 12.0 Å². The second kappa shape index (κ2) is 5.21. The van der Waals surface area contributed by atoms with E-state index in [0.29, 0.717) is 11.3 Å². The van der Waals surface area contributed by atoms with Gasteiger partial charge in [0, 0.05) is 0 Å². The molecule has 0 heterocycles. The van der Waals surface area contributed by atoms with Crippen LogP contribution < -0.4 is 10.6 Å². The van der Waals surface area contributed by atoms with Crippen molar-refractivity contribution in [2.45, 2.75) is 25.3 Å². The third-order valence-corrected chi connectivity index (χ3v) is 3.51. The van der Waals surface area contributed by atoms with Gasteiger partial charge in [0.15, 0.2) is 0 Å². The number of urea groups is 1. The number of amides is 2. The lowest BCUT2D eigenvalue weighted by Gasteiger charge is -2.26. The highest BCUT2D eigenvalue weighted by molar-refractivity contribution is 5.95. The summed E-state index contributed by atoms with van der Waals surface area (Å²) in [6, 6.07) is 7.88. The van der Waals surface area contributed by atoms with Gasteiger partial charge in [-0.05, 0) is 37.8 Å². The van der Waals surface area contributed by atoms with Gasteiger partial charge in [0.05, 0.1) is 11.3 Å². The summed E-state index contributed by atoms with van der Waals surface area (Å²) < 4.78 is 0. The number of rotatable bonds is 4. The van der Waals surface area contributed by atoms with E-state index < -0.39 is 17.5 Å². The van der Waals surface area contributed by atoms with E-state index in [1.807, 2.05) is 6.07 Å². The van der Waals surface area contributed by atoms with Crippen molar-refractivity contribution in [1.82, 2.24) is 5.32 Å². The fourth-order valence-electron chi connectivity index (χ4n) is 2.07. The fourth-order valence-corrected chi connectivity index (χ4v) is 2.07. The van der Waals surface area contributed by atoms with Crippen molar-refractivity contribution >= 4 is 17.7 Å². The van der Waals surface area contributed by atoms with Crippen LogP contribution in [0.4, 0.5) is 10.5 Å². The lowest BCUT2D eigenvalue weighted by molar-refractivity contribution is -0.144. The van der Waals surface area contributed by atoms with Gasteiger partial charge < -0.3 is 15.7 Å². The zero-order valence-electron chi connectivity index (χ0n) is 11.0. The van der Waals surface area contributed by atoms with Crippen molar-refractivity contribution in [3.8, 4) is 6.07 Å². The van der Waals surface area contributed by atoms with E-state index in [0.717, 1.165) is 12.8 Å². The standard InChI is InChI=1S/C14H15N3O3/c1-14(12(18)19,10-6-7-10)17-13(20)16-11-5-3-2-4-9(11)8-15/h2-5,10H,6-7H2,1H3,(H,18,19)(H2,16,17,20). The van der Waals surface area contributed by atoms with E-state index in [4.69, 9.17) is 5.26 Å². The number of anilines is 1. The smallest absolute Gasteiger partial charge is 0.329 e. The molecule has 104 valence electrons. The molecule has 0 aliphatic heterocycles. The van der Waals surface area contributed by atoms with Crippen LogP contribution in [0.25, 0.3) is 0 Å². The molecule has 3 N–H and O–H groups in total. The van der Waals surface area contributed by atoms with Gasteiger partial charge in [-0.1, -0.05) is 12.1 Å². The maximum Gasteiger partial charge on any atom is 0.329 e. The van der Waals surface area contributed by atoms with Crippen molar-refractivity contribution in [3.05, 3.63) is 29.8 Å². The van der Waals surface area contributed by atoms with Crippen LogP contribution in [-0.4, -0.2) is 22.6 Å². The molecule has 1 aromatic carbocycles. The molecule has 20 heavy (non-hydrogen) atoms. The molecule has 1 fully saturated rings. The molecule has 0 spiro atoms. The Kier molecular flexibility index (Phi) is 3.61. The summed E-state index contributed by atoms with van der Waals surface area (Å²) in [5.41, 5.74) is -0.590. The third-order valence-electron chi connectivity index (χ3n) is 3.51. The van der Waals surface area contributed by atoms with E-state index >= 15 is 0 Å². The number of benzene rings is 1. The molecule has 0 radical (unpaired) electrons. The highest BCUT2D eigenvalue weighted by atomic mass is 16.4. The van der Waals surface area contributed by atoms with Crippen molar-refractivity contribution < 1.29 is 14.7 Å². The zero-order valence-corrected chi connectivity index (χ0v) is 11.0. The molecule has 0 bridgehead atoms. The number of hydrogen-bond donors (Lipinski definition) is 3. The summed E-state index contributed by atoms with van der Waals surface area (Å²) in [5, 5.41) is 23.2. The molecule has 0 aromatic heterocycles. The first kappa shape index (κ1) is 13.9. The van der Waals surface area contributed by atoms with E-state index in [2.05, 4.69) is 10.6 Å². The first-order valence-corrected chi connectivity index (χ1v) is 6.29. The molecule has 1 unspecified atom stereocenters. The minimum Gasteiger partial charge on any atom is -0.480 e. The molecule has 1 aliphatic rings. The van der Waals surface area contributed by atoms with Gasteiger partial charge in [-0.15, -0.1) is 0 Å². The third kappa shape index (κ3) is 2.72. The average Bonchev–Trinajstić information content (AvgIpc) is 3.23. The van der Waals surface area contributed by atoms with Crippen molar-refractivity contribution in [1.29, 1.82) is 5.26 Å². The number of nitrogens with zero attached hydrogens (tertiary/aromatic N) is 1. The van der Waals surface area contributed by atoms with Crippen molar-refractivity contribution in [2.24, 2.45) is 5.92 Å². The number of para-hydroxylation sites is 1. The summed E-state index contributed by atoms with van der Waals surface area (Å²) in [5.74, 6) is -1.10. The van der Waals surface area contributed by atoms with Crippen LogP contribution in [0.5, 0.6) is 0 Å². The van der Waals surface area contributed by atoms with Crippen LogP contribution in [0, 0.1) is 17.2 Å². The van der Waals surface area contributed by atoms with Crippen molar-refractivity contribution in [2.75, 3.05) is 5.32 Å². The highest BCUT2D eigenvalue weighted by Gasteiger charge is 2.48. The minimum absolute atomic E-state index is 0.0445. The second-order valence-electron chi connectivity index (χ2n) is 5.02. The van der Waals surface area contributed by atoms with Gasteiger partial charge in [0.25, 0.3) is 0 Å². The number of carbonyl (C=O) groups excluding carboxylic acids is 1. The van der Waals surface area contributed by atoms with Crippen LogP contribution in [0.1, 0.15) is 25.3 Å². The van der Waals surface area contributed by atoms with Crippen LogP contribution in [0.2, 0.25) is 0 Å². The predicted octanol–water partition coefficient (Wildman–Crippen LogP) is 1.93. The topological polar surface area (TPSA) is 102 Å². The normalized spacial score (nSPS) is 16.6. The number of hydrogen-bond acceptors (Lipinski definition) is 3.